The number of pyridine rings is 1. The summed E-state index contributed by atoms with van der Waals surface area (Å²) in [6, 6.07) is 3.67. The maximum absolute atomic E-state index is 12.7. The quantitative estimate of drug-likeness (QED) is 0.237. The van der Waals surface area contributed by atoms with Gasteiger partial charge in [-0.2, -0.15) is 0 Å². The van der Waals surface area contributed by atoms with Gasteiger partial charge in [0.2, 0.25) is 6.41 Å². The minimum atomic E-state index is -1.18. The van der Waals surface area contributed by atoms with Crippen LogP contribution in [0.3, 0.4) is 0 Å². The molecular formula is C17H17N5O6S. The SMILES string of the molecule is CON=C(C(=O)NC1C(=O)N2C(C(=O)O)=C(C)CS[C@H]12)c1cccc(NC=O)n1. The van der Waals surface area contributed by atoms with Crippen LogP contribution in [0.5, 0.6) is 0 Å². The molecule has 0 aromatic carbocycles. The van der Waals surface area contributed by atoms with Crippen LogP contribution in [0.4, 0.5) is 5.82 Å². The number of oxime groups is 1. The van der Waals surface area contributed by atoms with Crippen LogP contribution in [0.1, 0.15) is 12.6 Å². The van der Waals surface area contributed by atoms with E-state index in [0.717, 1.165) is 0 Å². The predicted molar refractivity (Wildman–Crippen MR) is 103 cm³/mol. The summed E-state index contributed by atoms with van der Waals surface area (Å²) in [7, 11) is 1.25. The average molecular weight is 419 g/mol. The minimum Gasteiger partial charge on any atom is -0.477 e. The number of aliphatic carboxylic acids is 1. The smallest absolute Gasteiger partial charge is 0.352 e. The molecule has 0 radical (unpaired) electrons. The number of carboxylic acid groups (broad SMARTS) is 1. The first-order chi connectivity index (χ1) is 13.9. The number of hydrogen-bond acceptors (Lipinski definition) is 8. The Balaban J connectivity index is 1.80. The van der Waals surface area contributed by atoms with Crippen LogP contribution in [-0.4, -0.2) is 69.2 Å². The fraction of sp³-hybridized carbons (Fsp3) is 0.294. The Labute approximate surface area is 169 Å². The average Bonchev–Trinajstić information content (AvgIpc) is 2.70. The molecule has 0 saturated carbocycles. The number of thioether (sulfide) groups is 1. The number of rotatable bonds is 7. The van der Waals surface area contributed by atoms with E-state index in [2.05, 4.69) is 20.8 Å². The summed E-state index contributed by atoms with van der Waals surface area (Å²) in [5.74, 6) is -1.79. The lowest BCUT2D eigenvalue weighted by Crippen LogP contribution is -2.71. The van der Waals surface area contributed by atoms with Crippen molar-refractivity contribution in [3.05, 3.63) is 35.2 Å². The van der Waals surface area contributed by atoms with Crippen LogP contribution in [0.15, 0.2) is 34.6 Å². The number of amides is 3. The Morgan fingerprint density at radius 3 is 2.86 bits per heavy atom. The number of carbonyl (C=O) groups is 4. The molecule has 2 aliphatic rings. The summed E-state index contributed by atoms with van der Waals surface area (Å²) < 4.78 is 0. The zero-order chi connectivity index (χ0) is 21.1. The second-order valence-corrected chi connectivity index (χ2v) is 7.19. The zero-order valence-electron chi connectivity index (χ0n) is 15.4. The van der Waals surface area contributed by atoms with Gasteiger partial charge in [-0.15, -0.1) is 11.8 Å². The van der Waals surface area contributed by atoms with Gasteiger partial charge in [0.15, 0.2) is 5.71 Å². The molecule has 1 fully saturated rings. The van der Waals surface area contributed by atoms with Gasteiger partial charge in [-0.1, -0.05) is 11.2 Å². The molecule has 3 amide bonds. The largest absolute Gasteiger partial charge is 0.477 e. The number of β-lactam (4-membered cyclic amide) rings is 1. The number of hydrogen-bond donors (Lipinski definition) is 3. The van der Waals surface area contributed by atoms with Crippen molar-refractivity contribution in [2.24, 2.45) is 5.16 Å². The monoisotopic (exact) mass is 419 g/mol. The van der Waals surface area contributed by atoms with Crippen LogP contribution in [0, 0.1) is 0 Å². The first-order valence-corrected chi connectivity index (χ1v) is 9.41. The molecule has 2 aliphatic heterocycles. The number of fused-ring (bicyclic) bond motifs is 1. The van der Waals surface area contributed by atoms with E-state index in [1.165, 1.54) is 35.9 Å². The molecule has 1 saturated heterocycles. The van der Waals surface area contributed by atoms with Gasteiger partial charge in [0.1, 0.15) is 35.7 Å². The molecule has 0 bridgehead atoms. The Morgan fingerprint density at radius 1 is 1.45 bits per heavy atom. The van der Waals surface area contributed by atoms with E-state index in [4.69, 9.17) is 4.84 Å². The van der Waals surface area contributed by atoms with Gasteiger partial charge in [-0.05, 0) is 24.6 Å². The molecule has 11 nitrogen and oxygen atoms in total. The van der Waals surface area contributed by atoms with Gasteiger partial charge in [0.05, 0.1) is 0 Å². The normalized spacial score (nSPS) is 21.1. The number of nitrogens with one attached hydrogen (secondary N) is 2. The Morgan fingerprint density at radius 2 is 2.21 bits per heavy atom. The highest BCUT2D eigenvalue weighted by Crippen LogP contribution is 2.40. The van der Waals surface area contributed by atoms with Crippen LogP contribution in [0.25, 0.3) is 0 Å². The minimum absolute atomic E-state index is 0.0515. The molecule has 3 N–H and O–H groups in total. The Kier molecular flexibility index (Phi) is 5.82. The Bertz CT molecular complexity index is 946. The molecular weight excluding hydrogens is 402 g/mol. The van der Waals surface area contributed by atoms with Crippen LogP contribution in [-0.2, 0) is 24.0 Å². The summed E-state index contributed by atoms with van der Waals surface area (Å²) in [6.07, 6.45) is 0.441. The first-order valence-electron chi connectivity index (χ1n) is 8.36. The summed E-state index contributed by atoms with van der Waals surface area (Å²) in [5.41, 5.74) is 0.462. The van der Waals surface area contributed by atoms with Crippen molar-refractivity contribution in [2.75, 3.05) is 18.2 Å². The second-order valence-electron chi connectivity index (χ2n) is 6.09. The van der Waals surface area contributed by atoms with Crippen LogP contribution < -0.4 is 10.6 Å². The lowest BCUT2D eigenvalue weighted by Gasteiger charge is -2.49. The molecule has 1 aromatic rings. The predicted octanol–water partition coefficient (Wildman–Crippen LogP) is -0.241. The van der Waals surface area contributed by atoms with E-state index in [1.54, 1.807) is 13.0 Å². The number of aromatic nitrogens is 1. The standard InChI is InChI=1S/C17H17N5O6S/c1-8-6-29-16-12(15(25)22(16)13(8)17(26)27)20-14(24)11(21-28-2)9-4-3-5-10(19-9)18-7-23/h3-5,7,12,16H,6H2,1-2H3,(H,20,24)(H,26,27)(H,18,19,23)/t12?,16-/m1/s1. The lowest BCUT2D eigenvalue weighted by atomic mass is 10.0. The van der Waals surface area contributed by atoms with E-state index in [0.29, 0.717) is 17.7 Å². The molecule has 12 heteroatoms. The molecule has 152 valence electrons. The molecule has 2 atom stereocenters. The van der Waals surface area contributed by atoms with Gasteiger partial charge in [0, 0.05) is 5.75 Å². The fourth-order valence-corrected chi connectivity index (χ4v) is 4.28. The third-order valence-electron chi connectivity index (χ3n) is 4.24. The van der Waals surface area contributed by atoms with E-state index in [-0.39, 0.29) is 22.9 Å². The van der Waals surface area contributed by atoms with Crippen molar-refractivity contribution < 1.29 is 29.1 Å². The third kappa shape index (κ3) is 3.78. The van der Waals surface area contributed by atoms with E-state index >= 15 is 0 Å². The number of carboxylic acids is 1. The summed E-state index contributed by atoms with van der Waals surface area (Å²) >= 11 is 1.36. The topological polar surface area (TPSA) is 150 Å². The Hall–Kier alpha value is -3.41. The maximum atomic E-state index is 12.7. The molecule has 0 aliphatic carbocycles. The number of anilines is 1. The van der Waals surface area contributed by atoms with Crippen LogP contribution >= 0.6 is 11.8 Å². The van der Waals surface area contributed by atoms with Crippen molar-refractivity contribution in [1.29, 1.82) is 0 Å². The van der Waals surface area contributed by atoms with E-state index in [9.17, 15) is 24.3 Å². The van der Waals surface area contributed by atoms with E-state index < -0.39 is 29.2 Å². The van der Waals surface area contributed by atoms with Crippen molar-refractivity contribution in [2.45, 2.75) is 18.3 Å². The molecule has 1 unspecified atom stereocenters. The molecule has 3 rings (SSSR count). The molecule has 1 aromatic heterocycles. The third-order valence-corrected chi connectivity index (χ3v) is 5.67. The first kappa shape index (κ1) is 20.3. The van der Waals surface area contributed by atoms with Gasteiger partial charge in [-0.3, -0.25) is 19.3 Å². The van der Waals surface area contributed by atoms with Crippen molar-refractivity contribution in [3.8, 4) is 0 Å². The second kappa shape index (κ2) is 8.31. The number of nitrogens with zero attached hydrogens (tertiary/aromatic N) is 3. The van der Waals surface area contributed by atoms with Crippen LogP contribution in [0.2, 0.25) is 0 Å². The highest BCUT2D eigenvalue weighted by atomic mass is 32.2. The van der Waals surface area contributed by atoms with Gasteiger partial charge in [0.25, 0.3) is 11.8 Å². The molecule has 3 heterocycles. The van der Waals surface area contributed by atoms with Gasteiger partial charge < -0.3 is 20.6 Å². The molecule has 0 spiro atoms. The summed E-state index contributed by atoms with van der Waals surface area (Å²) in [6.45, 7) is 1.65. The maximum Gasteiger partial charge on any atom is 0.352 e. The summed E-state index contributed by atoms with van der Waals surface area (Å²) in [5, 5.41) is 17.5. The molecule has 29 heavy (non-hydrogen) atoms. The van der Waals surface area contributed by atoms with Crippen molar-refractivity contribution in [1.82, 2.24) is 15.2 Å². The number of carbonyl (C=O) groups excluding carboxylic acids is 3. The highest BCUT2D eigenvalue weighted by molar-refractivity contribution is 8.00. The highest BCUT2D eigenvalue weighted by Gasteiger charge is 2.54. The summed E-state index contributed by atoms with van der Waals surface area (Å²) in [4.78, 5) is 57.3. The fourth-order valence-electron chi connectivity index (χ4n) is 2.99. The van der Waals surface area contributed by atoms with Gasteiger partial charge in [-0.25, -0.2) is 9.78 Å². The van der Waals surface area contributed by atoms with Gasteiger partial charge >= 0.3 is 5.97 Å². The lowest BCUT2D eigenvalue weighted by molar-refractivity contribution is -0.150. The zero-order valence-corrected chi connectivity index (χ0v) is 16.2. The van der Waals surface area contributed by atoms with E-state index in [1.807, 2.05) is 0 Å². The van der Waals surface area contributed by atoms with Crippen molar-refractivity contribution in [3.63, 3.8) is 0 Å². The van der Waals surface area contributed by atoms with Crippen molar-refractivity contribution >= 4 is 47.5 Å².